The highest BCUT2D eigenvalue weighted by atomic mass is 16.7. The number of amides is 1. The summed E-state index contributed by atoms with van der Waals surface area (Å²) in [5.74, 6) is 2.20. The smallest absolute Gasteiger partial charge is 0.277 e. The van der Waals surface area contributed by atoms with E-state index < -0.39 is 0 Å². The first-order chi connectivity index (χ1) is 16.5. The fraction of sp³-hybridized carbons (Fsp3) is 0.115. The molecule has 8 heteroatoms. The Balaban J connectivity index is 1.52. The molecule has 4 rings (SSSR count). The van der Waals surface area contributed by atoms with Crippen LogP contribution in [0.15, 0.2) is 85.2 Å². The Bertz CT molecular complexity index is 1260. The van der Waals surface area contributed by atoms with Crippen LogP contribution >= 0.6 is 0 Å². The van der Waals surface area contributed by atoms with E-state index in [4.69, 9.17) is 15.3 Å². The van der Waals surface area contributed by atoms with Gasteiger partial charge in [0.15, 0.2) is 0 Å². The summed E-state index contributed by atoms with van der Waals surface area (Å²) in [7, 11) is 3.02. The quantitative estimate of drug-likeness (QED) is 0.369. The maximum atomic E-state index is 12.4. The van der Waals surface area contributed by atoms with Gasteiger partial charge in [-0.05, 0) is 47.5 Å². The highest BCUT2D eigenvalue weighted by Crippen LogP contribution is 2.33. The summed E-state index contributed by atoms with van der Waals surface area (Å²) >= 11 is 0. The Morgan fingerprint density at radius 1 is 0.971 bits per heavy atom. The minimum Gasteiger partial charge on any atom is -0.457 e. The second-order valence-electron chi connectivity index (χ2n) is 7.46. The van der Waals surface area contributed by atoms with Gasteiger partial charge in [0.2, 0.25) is 0 Å². The molecular weight excluding hydrogens is 430 g/mol. The molecule has 0 aliphatic heterocycles. The zero-order chi connectivity index (χ0) is 23.9. The molecule has 0 spiro atoms. The molecule has 1 heterocycles. The number of para-hydroxylation sites is 1. The van der Waals surface area contributed by atoms with Gasteiger partial charge in [-0.3, -0.25) is 9.63 Å². The van der Waals surface area contributed by atoms with Crippen LogP contribution in [0.25, 0.3) is 11.1 Å². The van der Waals surface area contributed by atoms with Crippen LogP contribution in [-0.2, 0) is 11.4 Å². The van der Waals surface area contributed by atoms with Crippen LogP contribution in [0.5, 0.6) is 11.5 Å². The first kappa shape index (κ1) is 22.8. The maximum Gasteiger partial charge on any atom is 0.277 e. The number of aromatic nitrogens is 2. The normalized spacial score (nSPS) is 10.5. The van der Waals surface area contributed by atoms with Gasteiger partial charge in [-0.1, -0.05) is 42.5 Å². The van der Waals surface area contributed by atoms with E-state index in [0.717, 1.165) is 16.9 Å². The maximum absolute atomic E-state index is 12.4. The number of nitrogens with zero attached hydrogens (tertiary/aromatic N) is 3. The monoisotopic (exact) mass is 455 g/mol. The van der Waals surface area contributed by atoms with Crippen molar-refractivity contribution in [3.05, 3.63) is 96.3 Å². The van der Waals surface area contributed by atoms with Gasteiger partial charge in [0.05, 0.1) is 12.7 Å². The van der Waals surface area contributed by atoms with Crippen LogP contribution in [0.3, 0.4) is 0 Å². The van der Waals surface area contributed by atoms with E-state index in [1.54, 1.807) is 13.1 Å². The van der Waals surface area contributed by atoms with Gasteiger partial charge in [-0.2, -0.15) is 0 Å². The lowest BCUT2D eigenvalue weighted by Gasteiger charge is -2.15. The SMILES string of the molecule is CON(C)C(=O)c1cccc(CNc2ncnc(N)c2-c2ccc(Oc3ccccc3)cc2)c1. The zero-order valence-corrected chi connectivity index (χ0v) is 18.9. The first-order valence-corrected chi connectivity index (χ1v) is 10.6. The van der Waals surface area contributed by atoms with Crippen molar-refractivity contribution in [2.45, 2.75) is 6.54 Å². The first-order valence-electron chi connectivity index (χ1n) is 10.6. The van der Waals surface area contributed by atoms with E-state index in [-0.39, 0.29) is 5.91 Å². The van der Waals surface area contributed by atoms with Crippen LogP contribution in [0, 0.1) is 0 Å². The van der Waals surface area contributed by atoms with Gasteiger partial charge in [-0.15, -0.1) is 0 Å². The number of ether oxygens (including phenoxy) is 1. The molecule has 1 aromatic heterocycles. The van der Waals surface area contributed by atoms with Crippen LogP contribution < -0.4 is 15.8 Å². The minimum absolute atomic E-state index is 0.228. The second kappa shape index (κ2) is 10.5. The number of nitrogens with one attached hydrogen (secondary N) is 1. The van der Waals surface area contributed by atoms with Crippen molar-refractivity contribution in [1.29, 1.82) is 0 Å². The molecule has 0 aliphatic rings. The van der Waals surface area contributed by atoms with Crippen molar-refractivity contribution in [2.75, 3.05) is 25.2 Å². The lowest BCUT2D eigenvalue weighted by atomic mass is 10.1. The van der Waals surface area contributed by atoms with Gasteiger partial charge in [0.25, 0.3) is 5.91 Å². The van der Waals surface area contributed by atoms with Crippen molar-refractivity contribution in [1.82, 2.24) is 15.0 Å². The Morgan fingerprint density at radius 2 is 1.71 bits per heavy atom. The third-order valence-electron chi connectivity index (χ3n) is 5.19. The molecule has 0 radical (unpaired) electrons. The molecule has 0 saturated heterocycles. The Labute approximate surface area is 197 Å². The van der Waals surface area contributed by atoms with Gasteiger partial charge >= 0.3 is 0 Å². The zero-order valence-electron chi connectivity index (χ0n) is 18.9. The summed E-state index contributed by atoms with van der Waals surface area (Å²) in [5.41, 5.74) is 9.19. The number of hydrogen-bond donors (Lipinski definition) is 2. The van der Waals surface area contributed by atoms with E-state index in [1.807, 2.05) is 72.8 Å². The summed E-state index contributed by atoms with van der Waals surface area (Å²) in [5, 5.41) is 4.50. The molecule has 34 heavy (non-hydrogen) atoms. The van der Waals surface area contributed by atoms with Gasteiger partial charge in [0.1, 0.15) is 29.5 Å². The summed E-state index contributed by atoms with van der Waals surface area (Å²) in [6.07, 6.45) is 1.42. The van der Waals surface area contributed by atoms with Crippen molar-refractivity contribution in [2.24, 2.45) is 0 Å². The third-order valence-corrected chi connectivity index (χ3v) is 5.19. The summed E-state index contributed by atoms with van der Waals surface area (Å²) in [6, 6.07) is 24.5. The number of hydroxylamine groups is 2. The van der Waals surface area contributed by atoms with Crippen molar-refractivity contribution in [3.8, 4) is 22.6 Å². The number of rotatable bonds is 8. The van der Waals surface area contributed by atoms with Crippen LogP contribution in [0.4, 0.5) is 11.6 Å². The molecule has 0 bridgehead atoms. The number of benzene rings is 3. The highest BCUT2D eigenvalue weighted by Gasteiger charge is 2.14. The van der Waals surface area contributed by atoms with Gasteiger partial charge in [-0.25, -0.2) is 15.0 Å². The fourth-order valence-electron chi connectivity index (χ4n) is 3.40. The third kappa shape index (κ3) is 5.31. The number of nitrogens with two attached hydrogens (primary N) is 1. The van der Waals surface area contributed by atoms with E-state index in [9.17, 15) is 4.79 Å². The summed E-state index contributed by atoms with van der Waals surface area (Å²) in [4.78, 5) is 25.9. The molecule has 8 nitrogen and oxygen atoms in total. The average molecular weight is 456 g/mol. The molecule has 0 unspecified atom stereocenters. The van der Waals surface area contributed by atoms with Crippen molar-refractivity contribution < 1.29 is 14.4 Å². The fourth-order valence-corrected chi connectivity index (χ4v) is 3.40. The molecule has 0 fully saturated rings. The molecule has 3 aromatic carbocycles. The van der Waals surface area contributed by atoms with Crippen LogP contribution in [0.1, 0.15) is 15.9 Å². The van der Waals surface area contributed by atoms with E-state index >= 15 is 0 Å². The molecule has 0 aliphatic carbocycles. The van der Waals surface area contributed by atoms with Crippen LogP contribution in [-0.4, -0.2) is 35.1 Å². The van der Waals surface area contributed by atoms with E-state index in [2.05, 4.69) is 15.3 Å². The number of nitrogen functional groups attached to an aromatic ring is 1. The molecule has 1 amide bonds. The molecule has 0 saturated carbocycles. The summed E-state index contributed by atoms with van der Waals surface area (Å²) in [6.45, 7) is 0.441. The Morgan fingerprint density at radius 3 is 2.44 bits per heavy atom. The van der Waals surface area contributed by atoms with Crippen LogP contribution in [0.2, 0.25) is 0 Å². The molecule has 0 atom stereocenters. The minimum atomic E-state index is -0.228. The molecule has 172 valence electrons. The van der Waals surface area contributed by atoms with Crippen molar-refractivity contribution in [3.63, 3.8) is 0 Å². The molecule has 3 N–H and O–H groups in total. The lowest BCUT2D eigenvalue weighted by Crippen LogP contribution is -2.25. The van der Waals surface area contributed by atoms with Gasteiger partial charge in [0, 0.05) is 19.2 Å². The lowest BCUT2D eigenvalue weighted by molar-refractivity contribution is -0.0757. The number of hydrogen-bond acceptors (Lipinski definition) is 7. The predicted molar refractivity (Wildman–Crippen MR) is 131 cm³/mol. The molecule has 4 aromatic rings. The molecular formula is C26H25N5O3. The number of carbonyl (C=O) groups excluding carboxylic acids is 1. The topological polar surface area (TPSA) is 103 Å². The average Bonchev–Trinajstić information content (AvgIpc) is 2.88. The Kier molecular flexibility index (Phi) is 7.00. The highest BCUT2D eigenvalue weighted by molar-refractivity contribution is 5.93. The van der Waals surface area contributed by atoms with E-state index in [0.29, 0.717) is 35.1 Å². The largest absolute Gasteiger partial charge is 0.457 e. The van der Waals surface area contributed by atoms with Gasteiger partial charge < -0.3 is 15.8 Å². The Hall–Kier alpha value is -4.43. The predicted octanol–water partition coefficient (Wildman–Crippen LogP) is 4.76. The van der Waals surface area contributed by atoms with Crippen molar-refractivity contribution >= 4 is 17.5 Å². The second-order valence-corrected chi connectivity index (χ2v) is 7.46. The summed E-state index contributed by atoms with van der Waals surface area (Å²) < 4.78 is 5.87. The standard InChI is InChI=1S/C26H25N5O3/c1-31(33-2)26(32)20-8-6-7-18(15-20)16-28-25-23(24(27)29-17-30-25)19-11-13-22(14-12-19)34-21-9-4-3-5-10-21/h3-15,17H,16H2,1-2H3,(H3,27,28,29,30). The number of anilines is 2. The van der Waals surface area contributed by atoms with E-state index in [1.165, 1.54) is 18.5 Å². The number of carbonyl (C=O) groups is 1.